The van der Waals surface area contributed by atoms with Crippen molar-refractivity contribution in [3.63, 3.8) is 0 Å². The van der Waals surface area contributed by atoms with Gasteiger partial charge in [0.05, 0.1) is 30.0 Å². The summed E-state index contributed by atoms with van der Waals surface area (Å²) >= 11 is 0. The van der Waals surface area contributed by atoms with Gasteiger partial charge in [0.25, 0.3) is 5.69 Å². The monoisotopic (exact) mass is 326 g/mol. The zero-order valence-corrected chi connectivity index (χ0v) is 13.1. The van der Waals surface area contributed by atoms with Gasteiger partial charge in [-0.3, -0.25) is 15.5 Å². The summed E-state index contributed by atoms with van der Waals surface area (Å²) in [5.74, 6) is 0. The molecule has 0 aliphatic carbocycles. The van der Waals surface area contributed by atoms with Crippen LogP contribution in [0.3, 0.4) is 0 Å². The number of anilines is 2. The second-order valence-corrected chi connectivity index (χ2v) is 5.37. The molecule has 7 heteroatoms. The molecule has 3 rings (SSSR count). The van der Waals surface area contributed by atoms with Crippen LogP contribution in [0.2, 0.25) is 0 Å². The SMILES string of the molecule is O=[N+]([O-])c1cccc(N/N=C\c2ccc(N3CCOCC3)cc2)c1. The quantitative estimate of drug-likeness (QED) is 0.519. The van der Waals surface area contributed by atoms with E-state index in [1.54, 1.807) is 18.3 Å². The summed E-state index contributed by atoms with van der Waals surface area (Å²) in [6, 6.07) is 14.3. The molecule has 2 aromatic rings. The Bertz CT molecular complexity index is 725. The van der Waals surface area contributed by atoms with Crippen LogP contribution in [0, 0.1) is 10.1 Å². The lowest BCUT2D eigenvalue weighted by molar-refractivity contribution is -0.384. The highest BCUT2D eigenvalue weighted by molar-refractivity contribution is 5.81. The number of non-ortho nitro benzene ring substituents is 1. The van der Waals surface area contributed by atoms with E-state index < -0.39 is 4.92 Å². The van der Waals surface area contributed by atoms with Gasteiger partial charge in [-0.05, 0) is 23.8 Å². The first-order valence-electron chi connectivity index (χ1n) is 7.69. The normalized spacial score (nSPS) is 14.8. The minimum Gasteiger partial charge on any atom is -0.378 e. The number of rotatable bonds is 5. The molecular formula is C17H18N4O3. The molecule has 1 N–H and O–H groups in total. The first-order chi connectivity index (χ1) is 11.7. The highest BCUT2D eigenvalue weighted by atomic mass is 16.6. The van der Waals surface area contributed by atoms with E-state index in [1.807, 2.05) is 12.1 Å². The maximum atomic E-state index is 10.7. The molecule has 1 aliphatic rings. The van der Waals surface area contributed by atoms with Crippen molar-refractivity contribution in [2.45, 2.75) is 0 Å². The molecule has 7 nitrogen and oxygen atoms in total. The van der Waals surface area contributed by atoms with E-state index in [2.05, 4.69) is 27.6 Å². The van der Waals surface area contributed by atoms with Gasteiger partial charge in [0, 0.05) is 30.9 Å². The van der Waals surface area contributed by atoms with Crippen molar-refractivity contribution < 1.29 is 9.66 Å². The van der Waals surface area contributed by atoms with Crippen LogP contribution < -0.4 is 10.3 Å². The van der Waals surface area contributed by atoms with Crippen molar-refractivity contribution in [1.82, 2.24) is 0 Å². The lowest BCUT2D eigenvalue weighted by Gasteiger charge is -2.28. The molecule has 24 heavy (non-hydrogen) atoms. The molecule has 2 aromatic carbocycles. The average molecular weight is 326 g/mol. The van der Waals surface area contributed by atoms with Gasteiger partial charge >= 0.3 is 0 Å². The average Bonchev–Trinajstić information content (AvgIpc) is 2.63. The Morgan fingerprint density at radius 3 is 2.62 bits per heavy atom. The highest BCUT2D eigenvalue weighted by Crippen LogP contribution is 2.18. The van der Waals surface area contributed by atoms with Crippen molar-refractivity contribution in [3.05, 3.63) is 64.2 Å². The third-order valence-electron chi connectivity index (χ3n) is 3.73. The van der Waals surface area contributed by atoms with Crippen LogP contribution in [0.5, 0.6) is 0 Å². The molecule has 0 saturated carbocycles. The van der Waals surface area contributed by atoms with Crippen LogP contribution in [0.25, 0.3) is 0 Å². The van der Waals surface area contributed by atoms with Crippen molar-refractivity contribution >= 4 is 23.3 Å². The predicted molar refractivity (Wildman–Crippen MR) is 93.8 cm³/mol. The van der Waals surface area contributed by atoms with E-state index in [9.17, 15) is 10.1 Å². The minimum atomic E-state index is -0.431. The van der Waals surface area contributed by atoms with Gasteiger partial charge in [-0.2, -0.15) is 5.10 Å². The number of hydrogen-bond donors (Lipinski definition) is 1. The summed E-state index contributed by atoms with van der Waals surface area (Å²) in [5, 5.41) is 14.9. The van der Waals surface area contributed by atoms with Crippen LogP contribution in [0.4, 0.5) is 17.1 Å². The second-order valence-electron chi connectivity index (χ2n) is 5.37. The number of morpholine rings is 1. The van der Waals surface area contributed by atoms with Crippen molar-refractivity contribution in [2.24, 2.45) is 5.10 Å². The van der Waals surface area contributed by atoms with Gasteiger partial charge in [-0.15, -0.1) is 0 Å². The highest BCUT2D eigenvalue weighted by Gasteiger charge is 2.10. The van der Waals surface area contributed by atoms with Crippen LogP contribution in [-0.4, -0.2) is 37.4 Å². The Morgan fingerprint density at radius 2 is 1.92 bits per heavy atom. The van der Waals surface area contributed by atoms with Crippen molar-refractivity contribution in [1.29, 1.82) is 0 Å². The first-order valence-corrected chi connectivity index (χ1v) is 7.69. The van der Waals surface area contributed by atoms with Crippen LogP contribution >= 0.6 is 0 Å². The molecule has 0 amide bonds. The largest absolute Gasteiger partial charge is 0.378 e. The maximum Gasteiger partial charge on any atom is 0.271 e. The summed E-state index contributed by atoms with van der Waals surface area (Å²) in [5.41, 5.74) is 5.53. The lowest BCUT2D eigenvalue weighted by atomic mass is 10.2. The Morgan fingerprint density at radius 1 is 1.17 bits per heavy atom. The molecule has 0 atom stereocenters. The maximum absolute atomic E-state index is 10.7. The third kappa shape index (κ3) is 4.08. The molecule has 0 aromatic heterocycles. The van der Waals surface area contributed by atoms with Gasteiger partial charge < -0.3 is 9.64 Å². The summed E-state index contributed by atoms with van der Waals surface area (Å²) in [6.45, 7) is 3.33. The number of nitro benzene ring substituents is 1. The lowest BCUT2D eigenvalue weighted by Crippen LogP contribution is -2.36. The Labute approximate surface area is 139 Å². The van der Waals surface area contributed by atoms with Crippen LogP contribution in [-0.2, 0) is 4.74 Å². The molecule has 124 valence electrons. The Balaban J connectivity index is 1.60. The summed E-state index contributed by atoms with van der Waals surface area (Å²) in [4.78, 5) is 12.6. The van der Waals surface area contributed by atoms with Gasteiger partial charge in [0.2, 0.25) is 0 Å². The van der Waals surface area contributed by atoms with E-state index in [0.29, 0.717) is 5.69 Å². The van der Waals surface area contributed by atoms with Crippen LogP contribution in [0.15, 0.2) is 53.6 Å². The van der Waals surface area contributed by atoms with Crippen molar-refractivity contribution in [2.75, 3.05) is 36.6 Å². The molecule has 1 fully saturated rings. The van der Waals surface area contributed by atoms with E-state index in [4.69, 9.17) is 4.74 Å². The third-order valence-corrected chi connectivity index (χ3v) is 3.73. The molecule has 1 heterocycles. The fourth-order valence-electron chi connectivity index (χ4n) is 2.46. The first kappa shape index (κ1) is 15.9. The summed E-state index contributed by atoms with van der Waals surface area (Å²) in [6.07, 6.45) is 1.68. The summed E-state index contributed by atoms with van der Waals surface area (Å²) < 4.78 is 5.35. The summed E-state index contributed by atoms with van der Waals surface area (Å²) in [7, 11) is 0. The van der Waals surface area contributed by atoms with Crippen molar-refractivity contribution in [3.8, 4) is 0 Å². The van der Waals surface area contributed by atoms with E-state index in [1.165, 1.54) is 17.8 Å². The van der Waals surface area contributed by atoms with Gasteiger partial charge in [-0.25, -0.2) is 0 Å². The number of hydrogen-bond acceptors (Lipinski definition) is 6. The number of nitrogens with zero attached hydrogens (tertiary/aromatic N) is 3. The molecule has 0 spiro atoms. The number of hydrazone groups is 1. The van der Waals surface area contributed by atoms with E-state index in [-0.39, 0.29) is 5.69 Å². The molecule has 0 radical (unpaired) electrons. The van der Waals surface area contributed by atoms with Gasteiger partial charge in [-0.1, -0.05) is 18.2 Å². The number of nitrogens with one attached hydrogen (secondary N) is 1. The van der Waals surface area contributed by atoms with Gasteiger partial charge in [0.1, 0.15) is 0 Å². The standard InChI is InChI=1S/C17H18N4O3/c22-21(23)17-3-1-2-15(12-17)19-18-13-14-4-6-16(7-5-14)20-8-10-24-11-9-20/h1-7,12-13,19H,8-11H2/b18-13-. The molecule has 1 aliphatic heterocycles. The Kier molecular flexibility index (Phi) is 5.02. The minimum absolute atomic E-state index is 0.0325. The van der Waals surface area contributed by atoms with Crippen LogP contribution in [0.1, 0.15) is 5.56 Å². The molecule has 0 unspecified atom stereocenters. The van der Waals surface area contributed by atoms with E-state index >= 15 is 0 Å². The second kappa shape index (κ2) is 7.56. The number of benzene rings is 2. The fraction of sp³-hybridized carbons (Fsp3) is 0.235. The molecule has 0 bridgehead atoms. The molecular weight excluding hydrogens is 308 g/mol. The molecule has 1 saturated heterocycles. The smallest absolute Gasteiger partial charge is 0.271 e. The zero-order valence-electron chi connectivity index (χ0n) is 13.1. The zero-order chi connectivity index (χ0) is 16.8. The Hall–Kier alpha value is -2.93. The fourth-order valence-corrected chi connectivity index (χ4v) is 2.46. The number of ether oxygens (including phenoxy) is 1. The van der Waals surface area contributed by atoms with E-state index in [0.717, 1.165) is 31.9 Å². The predicted octanol–water partition coefficient (Wildman–Crippen LogP) is 2.88. The van der Waals surface area contributed by atoms with Gasteiger partial charge in [0.15, 0.2) is 0 Å². The topological polar surface area (TPSA) is 80.0 Å². The number of nitro groups is 1.